The summed E-state index contributed by atoms with van der Waals surface area (Å²) >= 11 is 22.9. The van der Waals surface area contributed by atoms with Gasteiger partial charge in [-0.2, -0.15) is 79.0 Å². The van der Waals surface area contributed by atoms with E-state index in [-0.39, 0.29) is 62.6 Å². The van der Waals surface area contributed by atoms with Crippen LogP contribution in [0.4, 0.5) is 105 Å². The van der Waals surface area contributed by atoms with Gasteiger partial charge in [-0.1, -0.05) is 162 Å². The summed E-state index contributed by atoms with van der Waals surface area (Å²) in [6.07, 6.45) is -34.5. The molecule has 0 aliphatic carbocycles. The smallest absolute Gasteiger partial charge is 0.406 e. The number of ether oxygens (including phenoxy) is 2. The van der Waals surface area contributed by atoms with Crippen LogP contribution in [0.1, 0.15) is 211 Å². The summed E-state index contributed by atoms with van der Waals surface area (Å²) in [5.41, 5.74) is -1.67. The Hall–Kier alpha value is -6.45. The molecule has 0 aliphatic heterocycles. The van der Waals surface area contributed by atoms with E-state index in [2.05, 4.69) is 28.3 Å². The lowest BCUT2D eigenvalue weighted by Crippen LogP contribution is -2.18. The van der Waals surface area contributed by atoms with Crippen LogP contribution in [-0.4, -0.2) is 17.7 Å². The van der Waals surface area contributed by atoms with Crippen LogP contribution in [0.5, 0.6) is 11.5 Å². The van der Waals surface area contributed by atoms with E-state index in [1.54, 1.807) is 38.1 Å². The number of pyridine rings is 1. The first-order valence-electron chi connectivity index (χ1n) is 29.9. The number of aromatic nitrogens is 1. The topological polar surface area (TPSA) is 31.4 Å². The number of benzene rings is 6. The van der Waals surface area contributed by atoms with Crippen LogP contribution >= 0.6 is 46.4 Å². The molecule has 0 spiro atoms. The molecule has 0 radical (unpaired) electrons. The van der Waals surface area contributed by atoms with Gasteiger partial charge in [-0.15, -0.1) is 26.3 Å². The molecule has 0 saturated carbocycles. The Bertz CT molecular complexity index is 3560. The molecule has 7 aromatic rings. The quantitative estimate of drug-likeness (QED) is 0.135. The van der Waals surface area contributed by atoms with Gasteiger partial charge in [0.05, 0.1) is 33.4 Å². The largest absolute Gasteiger partial charge is 0.573 e. The highest BCUT2D eigenvalue weighted by atomic mass is 35.5. The molecule has 0 unspecified atom stereocenters. The number of hydrogen-bond acceptors (Lipinski definition) is 3. The van der Waals surface area contributed by atoms with Gasteiger partial charge in [0.25, 0.3) is 0 Å². The molecule has 0 N–H and O–H groups in total. The average Bonchev–Trinajstić information content (AvgIpc) is 0.817. The molecule has 7 rings (SSSR count). The summed E-state index contributed by atoms with van der Waals surface area (Å²) in [6.45, 7) is 25.2. The average molecular weight is 1560 g/mol. The van der Waals surface area contributed by atoms with Gasteiger partial charge in [0.1, 0.15) is 11.5 Å². The molecule has 101 heavy (non-hydrogen) atoms. The Kier molecular flexibility index (Phi) is 35.1. The standard InChI is InChI=1S/C11H10F6O.C11H10F6.C10H10ClF3O.C10H10ClF3.C10H11F3.C9H10Cl2.C9H10F3N/c1-6(2)7-3-8(10(12,13)14)5-9(4-7)18-11(15,16)17;1-6(2)7-3-8(10(12,13)14)5-9(4-7)11(15,16)17;1-6(2)7-3-8(11)5-9(4-7)15-10(12,13)14;1-6(2)7-3-8(10(12,13)14)5-9(11)4-7;1-7(2)8-4-3-5-9(6-8)10(11,12)13;1-6(2)7-3-8(10)5-9(11)4-7;1-6(2)7-3-8(5-13-4-7)9(10,11)12/h3-6H,1-2H3;3-6H,1-2H3;3-6H,1-2H3;3-6H,1-2H3;3-7H,1-2H3;3-6H,1-2H3;3-6H,1-2H3. The van der Waals surface area contributed by atoms with Gasteiger partial charge in [-0.05, 0) is 183 Å². The third-order valence-corrected chi connectivity index (χ3v) is 14.2. The Morgan fingerprint density at radius 1 is 0.248 bits per heavy atom. The number of alkyl halides is 24. The number of rotatable bonds is 9. The third kappa shape index (κ3) is 36.0. The molecular weight excluding hydrogens is 1480 g/mol. The van der Waals surface area contributed by atoms with E-state index in [0.717, 1.165) is 66.4 Å². The number of hydrogen-bond donors (Lipinski definition) is 0. The summed E-state index contributed by atoms with van der Waals surface area (Å²) in [7, 11) is 0. The van der Waals surface area contributed by atoms with Gasteiger partial charge in [0.15, 0.2) is 0 Å². The predicted molar refractivity (Wildman–Crippen MR) is 345 cm³/mol. The van der Waals surface area contributed by atoms with Crippen molar-refractivity contribution in [2.45, 2.75) is 188 Å². The molecule has 0 bridgehead atoms. The van der Waals surface area contributed by atoms with E-state index in [9.17, 15) is 105 Å². The summed E-state index contributed by atoms with van der Waals surface area (Å²) in [6, 6.07) is 23.7. The van der Waals surface area contributed by atoms with Crippen molar-refractivity contribution in [3.63, 3.8) is 0 Å². The lowest BCUT2D eigenvalue weighted by atomic mass is 9.97. The zero-order chi connectivity index (χ0) is 78.7. The lowest BCUT2D eigenvalue weighted by molar-refractivity contribution is -0.275. The molecule has 31 heteroatoms. The normalized spacial score (nSPS) is 12.3. The molecular formula is C70H71Cl4F24NO2. The van der Waals surface area contributed by atoms with Crippen molar-refractivity contribution < 1.29 is 115 Å². The zero-order valence-electron chi connectivity index (χ0n) is 56.1. The monoisotopic (exact) mass is 1550 g/mol. The van der Waals surface area contributed by atoms with Gasteiger partial charge in [0.2, 0.25) is 0 Å². The molecule has 0 amide bonds. The molecule has 6 aromatic carbocycles. The minimum absolute atomic E-state index is 0.0205. The van der Waals surface area contributed by atoms with Crippen molar-refractivity contribution in [2.75, 3.05) is 0 Å². The van der Waals surface area contributed by atoms with E-state index in [1.165, 1.54) is 43.8 Å². The molecule has 1 aromatic heterocycles. The van der Waals surface area contributed by atoms with E-state index >= 15 is 0 Å². The van der Waals surface area contributed by atoms with Crippen molar-refractivity contribution in [1.29, 1.82) is 0 Å². The third-order valence-electron chi connectivity index (χ3n) is 13.3. The number of halogens is 28. The molecule has 0 saturated heterocycles. The van der Waals surface area contributed by atoms with E-state index in [4.69, 9.17) is 46.4 Å². The van der Waals surface area contributed by atoms with Gasteiger partial charge in [0, 0.05) is 32.5 Å². The molecule has 0 atom stereocenters. The molecule has 0 aliphatic rings. The van der Waals surface area contributed by atoms with Gasteiger partial charge < -0.3 is 9.47 Å². The highest BCUT2D eigenvalue weighted by molar-refractivity contribution is 6.34. The van der Waals surface area contributed by atoms with Crippen LogP contribution in [0.2, 0.25) is 20.1 Å². The Labute approximate surface area is 589 Å². The first kappa shape index (κ1) is 92.6. The van der Waals surface area contributed by atoms with Crippen molar-refractivity contribution in [3.8, 4) is 11.5 Å². The fraction of sp³-hybridized carbons (Fsp3) is 0.414. The predicted octanol–water partition coefficient (Wildman–Crippen LogP) is 29.6. The highest BCUT2D eigenvalue weighted by Gasteiger charge is 2.39. The maximum absolute atomic E-state index is 12.5. The maximum atomic E-state index is 12.5. The summed E-state index contributed by atoms with van der Waals surface area (Å²) < 4.78 is 302. The maximum Gasteiger partial charge on any atom is 0.573 e. The van der Waals surface area contributed by atoms with Crippen molar-refractivity contribution in [3.05, 3.63) is 226 Å². The van der Waals surface area contributed by atoms with Gasteiger partial charge >= 0.3 is 49.8 Å². The zero-order valence-corrected chi connectivity index (χ0v) is 59.1. The van der Waals surface area contributed by atoms with E-state index in [0.29, 0.717) is 38.7 Å². The van der Waals surface area contributed by atoms with Gasteiger partial charge in [-0.25, -0.2) is 0 Å². The highest BCUT2D eigenvalue weighted by Crippen LogP contribution is 2.41. The molecule has 3 nitrogen and oxygen atoms in total. The Balaban J connectivity index is 0.000000592. The first-order valence-corrected chi connectivity index (χ1v) is 31.4. The first-order chi connectivity index (χ1) is 45.5. The summed E-state index contributed by atoms with van der Waals surface area (Å²) in [5.74, 6) is -1.08. The summed E-state index contributed by atoms with van der Waals surface area (Å²) in [4.78, 5) is 3.55. The second kappa shape index (κ2) is 38.3. The fourth-order valence-corrected chi connectivity index (χ4v) is 8.77. The van der Waals surface area contributed by atoms with Crippen LogP contribution in [-0.2, 0) is 37.1 Å². The van der Waals surface area contributed by atoms with Crippen molar-refractivity contribution >= 4 is 46.4 Å². The van der Waals surface area contributed by atoms with Crippen molar-refractivity contribution in [1.82, 2.24) is 4.98 Å². The van der Waals surface area contributed by atoms with Crippen LogP contribution in [0, 0.1) is 0 Å². The van der Waals surface area contributed by atoms with Crippen LogP contribution in [0.3, 0.4) is 0 Å². The Morgan fingerprint density at radius 2 is 0.505 bits per heavy atom. The fourth-order valence-electron chi connectivity index (χ4n) is 7.75. The minimum Gasteiger partial charge on any atom is -0.406 e. The van der Waals surface area contributed by atoms with E-state index in [1.807, 2.05) is 67.5 Å². The van der Waals surface area contributed by atoms with Crippen LogP contribution in [0.15, 0.2) is 134 Å². The van der Waals surface area contributed by atoms with E-state index < -0.39 is 94.8 Å². The van der Waals surface area contributed by atoms with Crippen LogP contribution < -0.4 is 9.47 Å². The lowest BCUT2D eigenvalue weighted by Gasteiger charge is -2.15. The van der Waals surface area contributed by atoms with Crippen LogP contribution in [0.25, 0.3) is 0 Å². The Morgan fingerprint density at radius 3 is 0.842 bits per heavy atom. The van der Waals surface area contributed by atoms with Crippen molar-refractivity contribution in [2.24, 2.45) is 0 Å². The summed E-state index contributed by atoms with van der Waals surface area (Å²) in [5, 5.41) is 1.78. The molecule has 0 fully saturated rings. The van der Waals surface area contributed by atoms with Gasteiger partial charge in [-0.3, -0.25) is 4.98 Å². The molecule has 1 heterocycles. The number of nitrogens with zero attached hydrogens (tertiary/aromatic N) is 1. The second-order valence-corrected chi connectivity index (χ2v) is 25.9. The second-order valence-electron chi connectivity index (χ2n) is 24.1. The minimum atomic E-state index is -5.02. The SMILES string of the molecule is CC(C)c1cc(C(F)(F)F)cc(C(F)(F)F)c1.CC(C)c1cc(Cl)cc(C(F)(F)F)c1.CC(C)c1cc(Cl)cc(Cl)c1.CC(C)c1cc(Cl)cc(OC(F)(F)F)c1.CC(C)c1cc(OC(F)(F)F)cc(C(F)(F)F)c1.CC(C)c1cccc(C(F)(F)F)c1.CC(C)c1cncc(C(F)(F)F)c1. The molecule has 564 valence electrons.